The highest BCUT2D eigenvalue weighted by atomic mass is 35.5. The van der Waals surface area contributed by atoms with Crippen molar-refractivity contribution >= 4 is 22.6 Å². The molecule has 1 fully saturated rings. The van der Waals surface area contributed by atoms with Gasteiger partial charge < -0.3 is 10.2 Å². The van der Waals surface area contributed by atoms with Gasteiger partial charge in [-0.25, -0.2) is 0 Å². The van der Waals surface area contributed by atoms with Gasteiger partial charge >= 0.3 is 0 Å². The Kier molecular flexibility index (Phi) is 2.85. The highest BCUT2D eigenvalue weighted by Crippen LogP contribution is 2.35. The van der Waals surface area contributed by atoms with Crippen LogP contribution in [-0.4, -0.2) is 6.04 Å². The summed E-state index contributed by atoms with van der Waals surface area (Å²) in [6, 6.07) is 8.19. The van der Waals surface area contributed by atoms with Gasteiger partial charge in [0.15, 0.2) is 0 Å². The van der Waals surface area contributed by atoms with Crippen LogP contribution in [0.5, 0.6) is 0 Å². The number of fused-ring (bicyclic) bond motifs is 1. The van der Waals surface area contributed by atoms with Crippen LogP contribution in [0.2, 0.25) is 5.02 Å². The number of rotatable bonds is 1. The van der Waals surface area contributed by atoms with Crippen LogP contribution in [-0.2, 0) is 0 Å². The maximum Gasteiger partial charge on any atom is 0.134 e. The number of hydrogen-bond donors (Lipinski definition) is 1. The van der Waals surface area contributed by atoms with E-state index in [-0.39, 0.29) is 0 Å². The van der Waals surface area contributed by atoms with Crippen LogP contribution < -0.4 is 5.73 Å². The summed E-state index contributed by atoms with van der Waals surface area (Å²) in [5.74, 6) is 1.54. The van der Waals surface area contributed by atoms with Crippen molar-refractivity contribution < 1.29 is 4.42 Å². The smallest absolute Gasteiger partial charge is 0.134 e. The summed E-state index contributed by atoms with van der Waals surface area (Å²) in [7, 11) is 0. The molecule has 0 amide bonds. The van der Waals surface area contributed by atoms with Gasteiger partial charge in [0.25, 0.3) is 0 Å². The third-order valence-electron chi connectivity index (χ3n) is 3.61. The molecular weight excluding hydrogens is 234 g/mol. The van der Waals surface area contributed by atoms with Crippen molar-refractivity contribution in [2.75, 3.05) is 0 Å². The second kappa shape index (κ2) is 4.35. The maximum absolute atomic E-state index is 6.02. The van der Waals surface area contributed by atoms with Gasteiger partial charge in [0.05, 0.1) is 0 Å². The monoisotopic (exact) mass is 249 g/mol. The average molecular weight is 250 g/mol. The predicted molar refractivity (Wildman–Crippen MR) is 70.4 cm³/mol. The molecule has 2 unspecified atom stereocenters. The Morgan fingerprint density at radius 2 is 2.12 bits per heavy atom. The zero-order chi connectivity index (χ0) is 11.8. The van der Waals surface area contributed by atoms with Gasteiger partial charge in [0, 0.05) is 22.4 Å². The largest absolute Gasteiger partial charge is 0.461 e. The average Bonchev–Trinajstić information content (AvgIpc) is 2.72. The molecule has 1 aliphatic rings. The van der Waals surface area contributed by atoms with Crippen molar-refractivity contribution in [2.24, 2.45) is 5.73 Å². The number of halogens is 1. The summed E-state index contributed by atoms with van der Waals surface area (Å²) in [6.07, 6.45) is 4.56. The van der Waals surface area contributed by atoms with E-state index in [0.29, 0.717) is 12.0 Å². The first-order valence-corrected chi connectivity index (χ1v) is 6.55. The van der Waals surface area contributed by atoms with E-state index in [1.165, 1.54) is 12.8 Å². The minimum Gasteiger partial charge on any atom is -0.461 e. The van der Waals surface area contributed by atoms with E-state index in [1.54, 1.807) is 0 Å². The van der Waals surface area contributed by atoms with Gasteiger partial charge in [0.2, 0.25) is 0 Å². The number of benzene rings is 1. The lowest BCUT2D eigenvalue weighted by Gasteiger charge is -2.24. The summed E-state index contributed by atoms with van der Waals surface area (Å²) in [6.45, 7) is 0. The van der Waals surface area contributed by atoms with E-state index in [2.05, 4.69) is 6.07 Å². The molecule has 1 aromatic carbocycles. The maximum atomic E-state index is 6.02. The molecule has 0 aliphatic heterocycles. The van der Waals surface area contributed by atoms with Crippen molar-refractivity contribution in [3.8, 4) is 0 Å². The van der Waals surface area contributed by atoms with E-state index < -0.39 is 0 Å². The molecule has 2 atom stereocenters. The Hall–Kier alpha value is -0.990. The van der Waals surface area contributed by atoms with Crippen LogP contribution in [0.4, 0.5) is 0 Å². The summed E-state index contributed by atoms with van der Waals surface area (Å²) in [4.78, 5) is 0. The Morgan fingerprint density at radius 1 is 1.24 bits per heavy atom. The summed E-state index contributed by atoms with van der Waals surface area (Å²) in [5, 5.41) is 1.84. The first kappa shape index (κ1) is 11.1. The first-order chi connectivity index (χ1) is 8.22. The van der Waals surface area contributed by atoms with Crippen LogP contribution in [0.15, 0.2) is 28.7 Å². The fraction of sp³-hybridized carbons (Fsp3) is 0.429. The first-order valence-electron chi connectivity index (χ1n) is 6.17. The molecular formula is C14H16ClNO. The lowest BCUT2D eigenvalue weighted by Crippen LogP contribution is -2.26. The fourth-order valence-corrected chi connectivity index (χ4v) is 2.90. The van der Waals surface area contributed by atoms with Crippen LogP contribution in [0, 0.1) is 0 Å². The molecule has 0 bridgehead atoms. The Bertz CT molecular complexity index is 534. The third kappa shape index (κ3) is 2.20. The van der Waals surface area contributed by atoms with E-state index in [0.717, 1.165) is 34.6 Å². The predicted octanol–water partition coefficient (Wildman–Crippen LogP) is 4.07. The number of nitrogens with two attached hydrogens (primary N) is 1. The van der Waals surface area contributed by atoms with Gasteiger partial charge in [-0.15, -0.1) is 0 Å². The normalized spacial score (nSPS) is 25.3. The molecule has 17 heavy (non-hydrogen) atoms. The van der Waals surface area contributed by atoms with Crippen LogP contribution >= 0.6 is 11.6 Å². The van der Waals surface area contributed by atoms with Crippen LogP contribution in [0.3, 0.4) is 0 Å². The molecule has 2 aromatic rings. The molecule has 3 rings (SSSR count). The highest BCUT2D eigenvalue weighted by molar-refractivity contribution is 6.31. The van der Waals surface area contributed by atoms with Crippen molar-refractivity contribution in [2.45, 2.75) is 37.6 Å². The van der Waals surface area contributed by atoms with Crippen LogP contribution in [0.25, 0.3) is 11.0 Å². The fourth-order valence-electron chi connectivity index (χ4n) is 2.72. The minimum atomic E-state index is 0.325. The molecule has 3 heteroatoms. The molecule has 1 heterocycles. The highest BCUT2D eigenvalue weighted by Gasteiger charge is 2.23. The van der Waals surface area contributed by atoms with Crippen molar-refractivity contribution in [3.63, 3.8) is 0 Å². The van der Waals surface area contributed by atoms with E-state index >= 15 is 0 Å². The SMILES string of the molecule is NC1CCCC(c2cc3cc(Cl)ccc3o2)C1. The summed E-state index contributed by atoms with van der Waals surface area (Å²) < 4.78 is 5.90. The molecule has 2 N–H and O–H groups in total. The molecule has 0 saturated heterocycles. The second-order valence-electron chi connectivity index (χ2n) is 4.95. The lowest BCUT2D eigenvalue weighted by molar-refractivity contribution is 0.352. The molecule has 0 radical (unpaired) electrons. The zero-order valence-electron chi connectivity index (χ0n) is 9.66. The third-order valence-corrected chi connectivity index (χ3v) is 3.85. The Balaban J connectivity index is 1.94. The molecule has 1 saturated carbocycles. The second-order valence-corrected chi connectivity index (χ2v) is 5.39. The van der Waals surface area contributed by atoms with E-state index in [1.807, 2.05) is 18.2 Å². The molecule has 1 aliphatic carbocycles. The molecule has 0 spiro atoms. The lowest BCUT2D eigenvalue weighted by atomic mass is 9.84. The Morgan fingerprint density at radius 3 is 2.94 bits per heavy atom. The zero-order valence-corrected chi connectivity index (χ0v) is 10.4. The topological polar surface area (TPSA) is 39.2 Å². The van der Waals surface area contributed by atoms with Crippen molar-refractivity contribution in [1.29, 1.82) is 0 Å². The van der Waals surface area contributed by atoms with Crippen molar-refractivity contribution in [1.82, 2.24) is 0 Å². The summed E-state index contributed by atoms with van der Waals surface area (Å²) in [5.41, 5.74) is 6.94. The van der Waals surface area contributed by atoms with Gasteiger partial charge in [-0.05, 0) is 43.5 Å². The van der Waals surface area contributed by atoms with Gasteiger partial charge in [-0.1, -0.05) is 18.0 Å². The minimum absolute atomic E-state index is 0.325. The standard InChI is InChI=1S/C14H16ClNO/c15-11-4-5-13-10(6-11)8-14(17-13)9-2-1-3-12(16)7-9/h4-6,8-9,12H,1-3,7,16H2. The van der Waals surface area contributed by atoms with E-state index in [4.69, 9.17) is 21.8 Å². The van der Waals surface area contributed by atoms with Crippen LogP contribution in [0.1, 0.15) is 37.4 Å². The number of furan rings is 1. The molecule has 90 valence electrons. The van der Waals surface area contributed by atoms with Gasteiger partial charge in [0.1, 0.15) is 11.3 Å². The van der Waals surface area contributed by atoms with Gasteiger partial charge in [-0.3, -0.25) is 0 Å². The van der Waals surface area contributed by atoms with Crippen molar-refractivity contribution in [3.05, 3.63) is 35.0 Å². The van der Waals surface area contributed by atoms with E-state index in [9.17, 15) is 0 Å². The van der Waals surface area contributed by atoms with Gasteiger partial charge in [-0.2, -0.15) is 0 Å². The number of hydrogen-bond acceptors (Lipinski definition) is 2. The Labute approximate surface area is 106 Å². The quantitative estimate of drug-likeness (QED) is 0.827. The summed E-state index contributed by atoms with van der Waals surface area (Å²) >= 11 is 5.98. The molecule has 2 nitrogen and oxygen atoms in total. The molecule has 1 aromatic heterocycles.